The molecule has 2 atom stereocenters. The molecule has 2 unspecified atom stereocenters. The Labute approximate surface area is 121 Å². The lowest BCUT2D eigenvalue weighted by Gasteiger charge is -2.24. The van der Waals surface area contributed by atoms with Gasteiger partial charge < -0.3 is 14.8 Å². The summed E-state index contributed by atoms with van der Waals surface area (Å²) in [6, 6.07) is 1.83. The summed E-state index contributed by atoms with van der Waals surface area (Å²) in [5.41, 5.74) is 0.818. The van der Waals surface area contributed by atoms with Crippen molar-refractivity contribution in [3.8, 4) is 0 Å². The number of hydrogen-bond donors (Lipinski definition) is 2. The monoisotopic (exact) mass is 329 g/mol. The molecule has 2 rings (SSSR count). The van der Waals surface area contributed by atoms with Gasteiger partial charge in [0.15, 0.2) is 10.4 Å². The van der Waals surface area contributed by atoms with E-state index in [1.54, 1.807) is 6.07 Å². The molecule has 5 heteroatoms. The van der Waals surface area contributed by atoms with Crippen LogP contribution in [0, 0.1) is 12.8 Å². The van der Waals surface area contributed by atoms with Crippen LogP contribution in [0.25, 0.3) is 0 Å². The van der Waals surface area contributed by atoms with Crippen LogP contribution in [0.3, 0.4) is 0 Å². The first-order chi connectivity index (χ1) is 9.11. The Morgan fingerprint density at radius 1 is 1.47 bits per heavy atom. The zero-order chi connectivity index (χ0) is 13.8. The molecule has 0 bridgehead atoms. The molecule has 1 aromatic rings. The third-order valence-corrected chi connectivity index (χ3v) is 4.19. The fourth-order valence-electron chi connectivity index (χ4n) is 2.70. The molecule has 0 aliphatic heterocycles. The quantitative estimate of drug-likeness (QED) is 0.838. The van der Waals surface area contributed by atoms with E-state index in [2.05, 4.69) is 21.2 Å². The third kappa shape index (κ3) is 3.60. The minimum Gasteiger partial charge on any atom is -0.444 e. The maximum atomic E-state index is 12.2. The lowest BCUT2D eigenvalue weighted by atomic mass is 9.95. The van der Waals surface area contributed by atoms with Crippen molar-refractivity contribution < 1.29 is 14.3 Å². The molecule has 0 saturated heterocycles. The van der Waals surface area contributed by atoms with Crippen molar-refractivity contribution in [2.75, 3.05) is 6.61 Å². The highest BCUT2D eigenvalue weighted by molar-refractivity contribution is 9.10. The van der Waals surface area contributed by atoms with E-state index in [-0.39, 0.29) is 24.5 Å². The molecular formula is C14H20BrNO3. The summed E-state index contributed by atoms with van der Waals surface area (Å²) >= 11 is 3.23. The lowest BCUT2D eigenvalue weighted by molar-refractivity contribution is 0.0869. The van der Waals surface area contributed by atoms with Gasteiger partial charge in [0.05, 0.1) is 0 Å². The van der Waals surface area contributed by atoms with Crippen molar-refractivity contribution in [3.05, 3.63) is 22.1 Å². The largest absolute Gasteiger partial charge is 0.444 e. The normalized spacial score (nSPS) is 23.9. The highest BCUT2D eigenvalue weighted by Gasteiger charge is 2.26. The molecule has 1 heterocycles. The number of aliphatic hydroxyl groups excluding tert-OH is 1. The SMILES string of the molecule is Cc1cc(Br)oc1C(=O)NC1CCCCCC1CO. The summed E-state index contributed by atoms with van der Waals surface area (Å²) in [5, 5.41) is 12.5. The topological polar surface area (TPSA) is 62.5 Å². The minimum atomic E-state index is -0.187. The number of aryl methyl sites for hydroxylation is 1. The molecule has 19 heavy (non-hydrogen) atoms. The molecule has 0 radical (unpaired) electrons. The molecule has 106 valence electrons. The zero-order valence-corrected chi connectivity index (χ0v) is 12.7. The molecule has 1 aliphatic carbocycles. The summed E-state index contributed by atoms with van der Waals surface area (Å²) in [6.45, 7) is 1.98. The maximum Gasteiger partial charge on any atom is 0.287 e. The fraction of sp³-hybridized carbons (Fsp3) is 0.643. The zero-order valence-electron chi connectivity index (χ0n) is 11.1. The Morgan fingerprint density at radius 2 is 2.21 bits per heavy atom. The van der Waals surface area contributed by atoms with Crippen LogP contribution >= 0.6 is 15.9 Å². The first-order valence-corrected chi connectivity index (χ1v) is 7.58. The van der Waals surface area contributed by atoms with Crippen molar-refractivity contribution in [1.29, 1.82) is 0 Å². The van der Waals surface area contributed by atoms with Crippen molar-refractivity contribution in [2.24, 2.45) is 5.92 Å². The molecule has 1 fully saturated rings. The van der Waals surface area contributed by atoms with Crippen LogP contribution in [-0.2, 0) is 0 Å². The average molecular weight is 330 g/mol. The predicted molar refractivity (Wildman–Crippen MR) is 76.1 cm³/mol. The van der Waals surface area contributed by atoms with E-state index in [1.165, 1.54) is 6.42 Å². The van der Waals surface area contributed by atoms with E-state index in [1.807, 2.05) is 6.92 Å². The van der Waals surface area contributed by atoms with Gasteiger partial charge in [-0.15, -0.1) is 0 Å². The van der Waals surface area contributed by atoms with Gasteiger partial charge in [-0.2, -0.15) is 0 Å². The number of rotatable bonds is 3. The number of nitrogens with one attached hydrogen (secondary N) is 1. The Hall–Kier alpha value is -0.810. The molecule has 1 amide bonds. The van der Waals surface area contributed by atoms with Gasteiger partial charge in [0.2, 0.25) is 0 Å². The number of aliphatic hydroxyl groups is 1. The van der Waals surface area contributed by atoms with Crippen LogP contribution in [0.5, 0.6) is 0 Å². The minimum absolute atomic E-state index is 0.0447. The first-order valence-electron chi connectivity index (χ1n) is 6.79. The first kappa shape index (κ1) is 14.6. The van der Waals surface area contributed by atoms with Gasteiger partial charge in [-0.3, -0.25) is 4.79 Å². The summed E-state index contributed by atoms with van der Waals surface area (Å²) in [6.07, 6.45) is 5.31. The fourth-order valence-corrected chi connectivity index (χ4v) is 3.20. The molecule has 1 aliphatic rings. The van der Waals surface area contributed by atoms with Gasteiger partial charge in [-0.1, -0.05) is 19.3 Å². The van der Waals surface area contributed by atoms with Crippen LogP contribution in [0.2, 0.25) is 0 Å². The molecule has 0 aromatic carbocycles. The van der Waals surface area contributed by atoms with E-state index in [4.69, 9.17) is 4.42 Å². The van der Waals surface area contributed by atoms with Crippen LogP contribution in [0.1, 0.15) is 48.2 Å². The van der Waals surface area contributed by atoms with Crippen molar-refractivity contribution in [1.82, 2.24) is 5.32 Å². The second-order valence-electron chi connectivity index (χ2n) is 5.22. The van der Waals surface area contributed by atoms with Crippen LogP contribution in [-0.4, -0.2) is 23.7 Å². The van der Waals surface area contributed by atoms with E-state index in [9.17, 15) is 9.90 Å². The lowest BCUT2D eigenvalue weighted by Crippen LogP contribution is -2.41. The van der Waals surface area contributed by atoms with Crippen LogP contribution < -0.4 is 5.32 Å². The molecule has 1 aromatic heterocycles. The maximum absolute atomic E-state index is 12.2. The van der Waals surface area contributed by atoms with Crippen LogP contribution in [0.4, 0.5) is 0 Å². The summed E-state index contributed by atoms with van der Waals surface area (Å²) < 4.78 is 5.92. The Bertz CT molecular complexity index is 444. The van der Waals surface area contributed by atoms with E-state index < -0.39 is 0 Å². The Kier molecular flexibility index (Phi) is 5.05. The molecule has 0 spiro atoms. The highest BCUT2D eigenvalue weighted by Crippen LogP contribution is 2.24. The van der Waals surface area contributed by atoms with Gasteiger partial charge in [0.25, 0.3) is 5.91 Å². The summed E-state index contributed by atoms with van der Waals surface area (Å²) in [7, 11) is 0. The van der Waals surface area contributed by atoms with E-state index in [0.717, 1.165) is 31.2 Å². The Morgan fingerprint density at radius 3 is 2.84 bits per heavy atom. The predicted octanol–water partition coefficient (Wildman–Crippen LogP) is 3.02. The van der Waals surface area contributed by atoms with Crippen LogP contribution in [0.15, 0.2) is 15.2 Å². The number of hydrogen-bond acceptors (Lipinski definition) is 3. The highest BCUT2D eigenvalue weighted by atomic mass is 79.9. The van der Waals surface area contributed by atoms with E-state index in [0.29, 0.717) is 10.4 Å². The van der Waals surface area contributed by atoms with Gasteiger partial charge in [0, 0.05) is 24.1 Å². The van der Waals surface area contributed by atoms with Gasteiger partial charge >= 0.3 is 0 Å². The number of carbonyl (C=O) groups excluding carboxylic acids is 1. The number of halogens is 1. The third-order valence-electron chi connectivity index (χ3n) is 3.80. The van der Waals surface area contributed by atoms with Gasteiger partial charge in [0.1, 0.15) is 0 Å². The van der Waals surface area contributed by atoms with Crippen molar-refractivity contribution in [2.45, 2.75) is 45.1 Å². The molecular weight excluding hydrogens is 310 g/mol. The summed E-state index contributed by atoms with van der Waals surface area (Å²) in [5.74, 6) is 0.325. The number of carbonyl (C=O) groups is 1. The van der Waals surface area contributed by atoms with Crippen molar-refractivity contribution in [3.63, 3.8) is 0 Å². The molecule has 1 saturated carbocycles. The number of amides is 1. The van der Waals surface area contributed by atoms with Gasteiger partial charge in [-0.25, -0.2) is 0 Å². The Balaban J connectivity index is 2.06. The van der Waals surface area contributed by atoms with E-state index >= 15 is 0 Å². The average Bonchev–Trinajstić information content (AvgIpc) is 2.60. The molecule has 2 N–H and O–H groups in total. The summed E-state index contributed by atoms with van der Waals surface area (Å²) in [4.78, 5) is 12.2. The smallest absolute Gasteiger partial charge is 0.287 e. The standard InChI is InChI=1S/C14H20BrNO3/c1-9-7-12(15)19-13(9)14(18)16-11-6-4-2-3-5-10(11)8-17/h7,10-11,17H,2-6,8H2,1H3,(H,16,18). The molecule has 4 nitrogen and oxygen atoms in total. The number of furan rings is 1. The van der Waals surface area contributed by atoms with Gasteiger partial charge in [-0.05, 0) is 41.8 Å². The second kappa shape index (κ2) is 6.57. The van der Waals surface area contributed by atoms with Crippen molar-refractivity contribution >= 4 is 21.8 Å². The second-order valence-corrected chi connectivity index (χ2v) is 6.00.